The Hall–Kier alpha value is -2.04. The topological polar surface area (TPSA) is 43.4 Å². The Labute approximate surface area is 109 Å². The van der Waals surface area contributed by atoms with Gasteiger partial charge in [-0.25, -0.2) is 13.6 Å². The molecule has 0 fully saturated rings. The van der Waals surface area contributed by atoms with Crippen molar-refractivity contribution in [2.24, 2.45) is 0 Å². The van der Waals surface area contributed by atoms with Crippen LogP contribution in [-0.4, -0.2) is 18.9 Å². The van der Waals surface area contributed by atoms with E-state index in [2.05, 4.69) is 11.3 Å². The molecule has 1 rings (SSSR count). The van der Waals surface area contributed by atoms with Crippen LogP contribution in [0.15, 0.2) is 36.4 Å². The van der Waals surface area contributed by atoms with E-state index < -0.39 is 18.3 Å². The zero-order chi connectivity index (χ0) is 14.5. The average Bonchev–Trinajstić information content (AvgIpc) is 2.38. The van der Waals surface area contributed by atoms with Gasteiger partial charge in [0.1, 0.15) is 6.29 Å². The second-order valence-corrected chi connectivity index (χ2v) is 3.95. The third-order valence-electron chi connectivity index (χ3n) is 2.47. The molecule has 0 aliphatic carbocycles. The number of hydrogen-bond acceptors (Lipinski definition) is 3. The van der Waals surface area contributed by atoms with Crippen molar-refractivity contribution < 1.29 is 23.1 Å². The Morgan fingerprint density at radius 3 is 2.42 bits per heavy atom. The molecule has 0 spiro atoms. The Morgan fingerprint density at radius 1 is 1.37 bits per heavy atom. The van der Waals surface area contributed by atoms with Gasteiger partial charge in [-0.2, -0.15) is 0 Å². The molecule has 0 bridgehead atoms. The molecule has 0 aromatic heterocycles. The number of esters is 1. The summed E-state index contributed by atoms with van der Waals surface area (Å²) in [6, 6.07) is 4.90. The van der Waals surface area contributed by atoms with Gasteiger partial charge in [-0.1, -0.05) is 30.8 Å². The van der Waals surface area contributed by atoms with E-state index in [1.54, 1.807) is 6.92 Å². The molecular formula is C14H14F2O3. The molecule has 0 heterocycles. The first-order valence-corrected chi connectivity index (χ1v) is 5.69. The van der Waals surface area contributed by atoms with Crippen molar-refractivity contribution >= 4 is 12.3 Å². The van der Waals surface area contributed by atoms with Crippen LogP contribution >= 0.6 is 0 Å². The molecule has 0 amide bonds. The molecule has 0 saturated carbocycles. The number of carbonyl (C=O) groups is 2. The van der Waals surface area contributed by atoms with Crippen LogP contribution in [0.2, 0.25) is 0 Å². The monoisotopic (exact) mass is 268 g/mol. The lowest BCUT2D eigenvalue weighted by Crippen LogP contribution is -2.18. The summed E-state index contributed by atoms with van der Waals surface area (Å²) in [5.74, 6) is -4.06. The lowest BCUT2D eigenvalue weighted by molar-refractivity contribution is -0.139. The third kappa shape index (κ3) is 3.98. The molecule has 3 nitrogen and oxygen atoms in total. The van der Waals surface area contributed by atoms with E-state index in [4.69, 9.17) is 0 Å². The van der Waals surface area contributed by atoms with Crippen LogP contribution in [0.4, 0.5) is 8.78 Å². The summed E-state index contributed by atoms with van der Waals surface area (Å²) in [7, 11) is 0. The van der Waals surface area contributed by atoms with Crippen molar-refractivity contribution in [1.82, 2.24) is 0 Å². The molecule has 1 aromatic carbocycles. The largest absolute Gasteiger partial charge is 0.463 e. The van der Waals surface area contributed by atoms with E-state index >= 15 is 0 Å². The van der Waals surface area contributed by atoms with Gasteiger partial charge in [0.15, 0.2) is 0 Å². The molecule has 0 unspecified atom stereocenters. The third-order valence-corrected chi connectivity index (χ3v) is 2.47. The summed E-state index contributed by atoms with van der Waals surface area (Å²) >= 11 is 0. The number of rotatable bonds is 6. The van der Waals surface area contributed by atoms with Crippen molar-refractivity contribution in [3.8, 4) is 0 Å². The Kier molecular flexibility index (Phi) is 4.92. The smallest absolute Gasteiger partial charge is 0.333 e. The summed E-state index contributed by atoms with van der Waals surface area (Å²) < 4.78 is 32.4. The van der Waals surface area contributed by atoms with Crippen molar-refractivity contribution in [3.05, 3.63) is 47.5 Å². The fourth-order valence-electron chi connectivity index (χ4n) is 1.48. The molecule has 19 heavy (non-hydrogen) atoms. The number of halogens is 2. The molecule has 102 valence electrons. The van der Waals surface area contributed by atoms with E-state index in [1.807, 2.05) is 0 Å². The number of benzene rings is 1. The minimum Gasteiger partial charge on any atom is -0.463 e. The molecule has 0 saturated heterocycles. The van der Waals surface area contributed by atoms with E-state index in [9.17, 15) is 18.4 Å². The lowest BCUT2D eigenvalue weighted by atomic mass is 10.0. The lowest BCUT2D eigenvalue weighted by Gasteiger charge is -2.17. The van der Waals surface area contributed by atoms with Gasteiger partial charge >= 0.3 is 5.97 Å². The quantitative estimate of drug-likeness (QED) is 0.452. The van der Waals surface area contributed by atoms with Crippen LogP contribution in [0.5, 0.6) is 0 Å². The molecule has 0 radical (unpaired) electrons. The Balaban J connectivity index is 2.81. The second-order valence-electron chi connectivity index (χ2n) is 3.95. The van der Waals surface area contributed by atoms with E-state index in [1.165, 1.54) is 12.1 Å². The SMILES string of the molecule is C=C(CC(F)(F)c1ccc(C=O)cc1)C(=O)OCC. The minimum absolute atomic E-state index is 0.109. The highest BCUT2D eigenvalue weighted by Crippen LogP contribution is 2.34. The van der Waals surface area contributed by atoms with Gasteiger partial charge in [-0.05, 0) is 6.92 Å². The molecule has 0 aliphatic rings. The first-order chi connectivity index (χ1) is 8.90. The molecule has 5 heteroatoms. The molecule has 0 N–H and O–H groups in total. The van der Waals surface area contributed by atoms with Crippen molar-refractivity contribution in [1.29, 1.82) is 0 Å². The number of alkyl halides is 2. The van der Waals surface area contributed by atoms with Gasteiger partial charge in [-0.3, -0.25) is 4.79 Å². The summed E-state index contributed by atoms with van der Waals surface area (Å²) in [5, 5.41) is 0. The summed E-state index contributed by atoms with van der Waals surface area (Å²) in [6.07, 6.45) is -0.244. The summed E-state index contributed by atoms with van der Waals surface area (Å²) in [5.41, 5.74) is -0.251. The molecule has 1 aromatic rings. The van der Waals surface area contributed by atoms with Crippen LogP contribution in [0, 0.1) is 0 Å². The van der Waals surface area contributed by atoms with Crippen molar-refractivity contribution in [2.75, 3.05) is 6.61 Å². The van der Waals surface area contributed by atoms with Crippen LogP contribution in [0.25, 0.3) is 0 Å². The molecule has 0 aliphatic heterocycles. The van der Waals surface area contributed by atoms with Crippen LogP contribution in [0.3, 0.4) is 0 Å². The van der Waals surface area contributed by atoms with E-state index in [-0.39, 0.29) is 17.7 Å². The zero-order valence-corrected chi connectivity index (χ0v) is 10.5. The van der Waals surface area contributed by atoms with E-state index in [0.717, 1.165) is 12.1 Å². The van der Waals surface area contributed by atoms with Crippen LogP contribution in [0.1, 0.15) is 29.3 Å². The highest BCUT2D eigenvalue weighted by Gasteiger charge is 2.34. The maximum atomic E-state index is 13.9. The number of ether oxygens (including phenoxy) is 1. The van der Waals surface area contributed by atoms with Gasteiger partial charge in [0.25, 0.3) is 5.92 Å². The predicted molar refractivity (Wildman–Crippen MR) is 66.1 cm³/mol. The summed E-state index contributed by atoms with van der Waals surface area (Å²) in [6.45, 7) is 5.00. The van der Waals surface area contributed by atoms with Gasteiger partial charge in [-0.15, -0.1) is 0 Å². The normalized spacial score (nSPS) is 10.9. The number of carbonyl (C=O) groups excluding carboxylic acids is 2. The fourth-order valence-corrected chi connectivity index (χ4v) is 1.48. The van der Waals surface area contributed by atoms with Gasteiger partial charge in [0.2, 0.25) is 0 Å². The highest BCUT2D eigenvalue weighted by molar-refractivity contribution is 5.87. The van der Waals surface area contributed by atoms with Gasteiger partial charge in [0, 0.05) is 23.1 Å². The second kappa shape index (κ2) is 6.22. The highest BCUT2D eigenvalue weighted by atomic mass is 19.3. The molecule has 0 atom stereocenters. The average molecular weight is 268 g/mol. The van der Waals surface area contributed by atoms with Gasteiger partial charge < -0.3 is 4.74 Å². The maximum absolute atomic E-state index is 13.9. The Bertz CT molecular complexity index is 478. The predicted octanol–water partition coefficient (Wildman–Crippen LogP) is 3.10. The number of hydrogen-bond donors (Lipinski definition) is 0. The number of aldehydes is 1. The zero-order valence-electron chi connectivity index (χ0n) is 10.5. The summed E-state index contributed by atoms with van der Waals surface area (Å²) in [4.78, 5) is 21.7. The van der Waals surface area contributed by atoms with Crippen molar-refractivity contribution in [3.63, 3.8) is 0 Å². The maximum Gasteiger partial charge on any atom is 0.333 e. The molecular weight excluding hydrogens is 254 g/mol. The standard InChI is InChI=1S/C14H14F2O3/c1-3-19-13(18)10(2)8-14(15,16)12-6-4-11(9-17)5-7-12/h4-7,9H,2-3,8H2,1H3. The van der Waals surface area contributed by atoms with Crippen LogP contribution < -0.4 is 0 Å². The fraction of sp³-hybridized carbons (Fsp3) is 0.286. The van der Waals surface area contributed by atoms with Crippen molar-refractivity contribution in [2.45, 2.75) is 19.3 Å². The first-order valence-electron chi connectivity index (χ1n) is 5.69. The Morgan fingerprint density at radius 2 is 1.95 bits per heavy atom. The van der Waals surface area contributed by atoms with E-state index in [0.29, 0.717) is 11.8 Å². The first kappa shape index (κ1) is 15.0. The van der Waals surface area contributed by atoms with Gasteiger partial charge in [0.05, 0.1) is 6.61 Å². The van der Waals surface area contributed by atoms with Crippen LogP contribution in [-0.2, 0) is 15.5 Å². The minimum atomic E-state index is -3.23.